The van der Waals surface area contributed by atoms with E-state index in [1.807, 2.05) is 6.08 Å². The molecule has 236 valence electrons. The lowest BCUT2D eigenvalue weighted by molar-refractivity contribution is -0.161. The lowest BCUT2D eigenvalue weighted by Gasteiger charge is -2.16. The summed E-state index contributed by atoms with van der Waals surface area (Å²) in [5.41, 5.74) is 0. The van der Waals surface area contributed by atoms with Gasteiger partial charge in [0.2, 0.25) is 0 Å². The molecule has 0 unspecified atom stereocenters. The van der Waals surface area contributed by atoms with Gasteiger partial charge >= 0.3 is 11.9 Å². The molecule has 0 bridgehead atoms. The Morgan fingerprint density at radius 2 is 1.22 bits per heavy atom. The predicted molar refractivity (Wildman–Crippen MR) is 163 cm³/mol. The molecule has 0 aromatic carbocycles. The van der Waals surface area contributed by atoms with Gasteiger partial charge in [-0.15, -0.1) is 0 Å². The van der Waals surface area contributed by atoms with Crippen LogP contribution >= 0.6 is 0 Å². The van der Waals surface area contributed by atoms with Gasteiger partial charge in [-0.1, -0.05) is 120 Å². The van der Waals surface area contributed by atoms with Crippen LogP contribution in [0.15, 0.2) is 48.6 Å². The van der Waals surface area contributed by atoms with Crippen molar-refractivity contribution in [3.63, 3.8) is 0 Å². The molecule has 0 radical (unpaired) electrons. The first-order valence-electron chi connectivity index (χ1n) is 15.5. The predicted octanol–water partition coefficient (Wildman–Crippen LogP) is 5.63. The van der Waals surface area contributed by atoms with Gasteiger partial charge < -0.3 is 29.9 Å². The summed E-state index contributed by atoms with van der Waals surface area (Å²) in [5, 5.41) is 39.4. The summed E-state index contributed by atoms with van der Waals surface area (Å²) in [6.45, 7) is 3.65. The third kappa shape index (κ3) is 25.2. The molecule has 4 N–H and O–H groups in total. The Bertz CT molecular complexity index is 758. The van der Waals surface area contributed by atoms with E-state index in [1.54, 1.807) is 36.5 Å². The minimum atomic E-state index is -1.08. The van der Waals surface area contributed by atoms with Gasteiger partial charge in [-0.25, -0.2) is 0 Å². The lowest BCUT2D eigenvalue weighted by atomic mass is 10.1. The Morgan fingerprint density at radius 3 is 1.88 bits per heavy atom. The molecule has 0 aliphatic heterocycles. The Kier molecular flexibility index (Phi) is 26.4. The SMILES string of the molecule is CCCCCCCCCC(=O)O[C@@H](CO)COC(=O)CCC[C@@H](O)[C@H](O)/C=C/C=C/C=C\C=C\[C@H](O)CCCCC. The van der Waals surface area contributed by atoms with Crippen molar-refractivity contribution in [2.24, 2.45) is 0 Å². The van der Waals surface area contributed by atoms with Gasteiger partial charge in [0.15, 0.2) is 6.10 Å². The topological polar surface area (TPSA) is 134 Å². The molecule has 4 atom stereocenters. The molecular weight excluding hydrogens is 524 g/mol. The van der Waals surface area contributed by atoms with Crippen LogP contribution in [0, 0.1) is 0 Å². The number of carbonyl (C=O) groups excluding carboxylic acids is 2. The highest BCUT2D eigenvalue weighted by atomic mass is 16.6. The van der Waals surface area contributed by atoms with Crippen LogP contribution in [-0.2, 0) is 19.1 Å². The number of ether oxygens (including phenoxy) is 2. The standard InChI is InChI=1S/C33H56O8/c1-3-5-7-8-9-14-18-24-33(39)41-29(26-34)27-40-32(38)25-19-23-31(37)30(36)22-17-13-11-10-12-16-21-28(35)20-15-6-4-2/h10-13,16-17,21-22,28-31,34-37H,3-9,14-15,18-20,23-27H2,1-2H3/b12-10-,13-11+,21-16+,22-17+/t28-,29+,30-,31-/m1/s1. The summed E-state index contributed by atoms with van der Waals surface area (Å²) in [4.78, 5) is 24.0. The van der Waals surface area contributed by atoms with Crippen molar-refractivity contribution in [2.45, 2.75) is 135 Å². The summed E-state index contributed by atoms with van der Waals surface area (Å²) in [6, 6.07) is 0. The van der Waals surface area contributed by atoms with E-state index >= 15 is 0 Å². The highest BCUT2D eigenvalue weighted by molar-refractivity contribution is 5.70. The van der Waals surface area contributed by atoms with E-state index in [-0.39, 0.29) is 25.9 Å². The Morgan fingerprint density at radius 1 is 0.659 bits per heavy atom. The number of carbonyl (C=O) groups is 2. The van der Waals surface area contributed by atoms with Crippen LogP contribution in [0.1, 0.15) is 110 Å². The summed E-state index contributed by atoms with van der Waals surface area (Å²) < 4.78 is 10.3. The molecule has 8 nitrogen and oxygen atoms in total. The third-order valence-electron chi connectivity index (χ3n) is 6.49. The molecule has 0 aliphatic rings. The molecule has 0 amide bonds. The molecule has 0 aromatic heterocycles. The smallest absolute Gasteiger partial charge is 0.306 e. The molecule has 0 saturated heterocycles. The first kappa shape index (κ1) is 38.7. The van der Waals surface area contributed by atoms with Crippen molar-refractivity contribution in [1.29, 1.82) is 0 Å². The highest BCUT2D eigenvalue weighted by Crippen LogP contribution is 2.11. The first-order valence-corrected chi connectivity index (χ1v) is 15.5. The van der Waals surface area contributed by atoms with Crippen LogP contribution in [0.3, 0.4) is 0 Å². The molecule has 0 fully saturated rings. The second kappa shape index (κ2) is 27.9. The zero-order chi connectivity index (χ0) is 30.6. The molecule has 0 rings (SSSR count). The van der Waals surface area contributed by atoms with E-state index in [4.69, 9.17) is 9.47 Å². The highest BCUT2D eigenvalue weighted by Gasteiger charge is 2.17. The maximum Gasteiger partial charge on any atom is 0.306 e. The summed E-state index contributed by atoms with van der Waals surface area (Å²) in [7, 11) is 0. The minimum Gasteiger partial charge on any atom is -0.462 e. The molecular formula is C33H56O8. The Labute approximate surface area is 247 Å². The van der Waals surface area contributed by atoms with E-state index in [9.17, 15) is 30.0 Å². The fourth-order valence-corrected chi connectivity index (χ4v) is 3.93. The molecule has 0 aromatic rings. The van der Waals surface area contributed by atoms with Crippen LogP contribution in [0.4, 0.5) is 0 Å². The second-order valence-corrected chi connectivity index (χ2v) is 10.4. The van der Waals surface area contributed by atoms with Crippen molar-refractivity contribution >= 4 is 11.9 Å². The number of aliphatic hydroxyl groups is 4. The van der Waals surface area contributed by atoms with Crippen molar-refractivity contribution in [3.8, 4) is 0 Å². The minimum absolute atomic E-state index is 0.0309. The van der Waals surface area contributed by atoms with Gasteiger partial charge in [-0.3, -0.25) is 9.59 Å². The van der Waals surface area contributed by atoms with Gasteiger partial charge in [0.25, 0.3) is 0 Å². The Balaban J connectivity index is 4.07. The van der Waals surface area contributed by atoms with E-state index < -0.39 is 43.0 Å². The molecule has 41 heavy (non-hydrogen) atoms. The zero-order valence-electron chi connectivity index (χ0n) is 25.4. The summed E-state index contributed by atoms with van der Waals surface area (Å²) >= 11 is 0. The molecule has 0 spiro atoms. The summed E-state index contributed by atoms with van der Waals surface area (Å²) in [5.74, 6) is -0.935. The summed E-state index contributed by atoms with van der Waals surface area (Å²) in [6.07, 6.45) is 22.8. The van der Waals surface area contributed by atoms with Crippen LogP contribution in [0.25, 0.3) is 0 Å². The average molecular weight is 581 g/mol. The average Bonchev–Trinajstić information content (AvgIpc) is 2.96. The van der Waals surface area contributed by atoms with E-state index in [0.29, 0.717) is 6.42 Å². The third-order valence-corrected chi connectivity index (χ3v) is 6.49. The van der Waals surface area contributed by atoms with E-state index in [0.717, 1.165) is 44.9 Å². The van der Waals surface area contributed by atoms with E-state index in [2.05, 4.69) is 13.8 Å². The van der Waals surface area contributed by atoms with Gasteiger partial charge in [0.05, 0.1) is 24.9 Å². The quantitative estimate of drug-likeness (QED) is 0.0588. The van der Waals surface area contributed by atoms with Crippen LogP contribution in [0.5, 0.6) is 0 Å². The fraction of sp³-hybridized carbons (Fsp3) is 0.697. The maximum atomic E-state index is 12.0. The van der Waals surface area contributed by atoms with Crippen LogP contribution < -0.4 is 0 Å². The molecule has 8 heteroatoms. The number of rotatable bonds is 26. The zero-order valence-corrected chi connectivity index (χ0v) is 25.4. The largest absolute Gasteiger partial charge is 0.462 e. The lowest BCUT2D eigenvalue weighted by Crippen LogP contribution is -2.28. The fourth-order valence-electron chi connectivity index (χ4n) is 3.93. The van der Waals surface area contributed by atoms with Crippen molar-refractivity contribution < 1.29 is 39.5 Å². The maximum absolute atomic E-state index is 12.0. The molecule has 0 saturated carbocycles. The number of unbranched alkanes of at least 4 members (excludes halogenated alkanes) is 8. The normalized spacial score (nSPS) is 15.2. The number of hydrogen-bond acceptors (Lipinski definition) is 8. The van der Waals surface area contributed by atoms with E-state index in [1.165, 1.54) is 31.8 Å². The number of esters is 2. The molecule has 0 aliphatic carbocycles. The van der Waals surface area contributed by atoms with Crippen LogP contribution in [0.2, 0.25) is 0 Å². The van der Waals surface area contributed by atoms with Crippen LogP contribution in [-0.4, -0.2) is 70.0 Å². The Hall–Kier alpha value is -2.26. The van der Waals surface area contributed by atoms with Gasteiger partial charge in [0.1, 0.15) is 6.61 Å². The molecule has 0 heterocycles. The van der Waals surface area contributed by atoms with Crippen molar-refractivity contribution in [2.75, 3.05) is 13.2 Å². The van der Waals surface area contributed by atoms with Gasteiger partial charge in [-0.05, 0) is 25.7 Å². The van der Waals surface area contributed by atoms with Crippen molar-refractivity contribution in [3.05, 3.63) is 48.6 Å². The monoisotopic (exact) mass is 580 g/mol. The second-order valence-electron chi connectivity index (χ2n) is 10.4. The first-order chi connectivity index (χ1) is 19.8. The number of aliphatic hydroxyl groups excluding tert-OH is 4. The van der Waals surface area contributed by atoms with Crippen molar-refractivity contribution in [1.82, 2.24) is 0 Å². The van der Waals surface area contributed by atoms with Gasteiger partial charge in [0, 0.05) is 12.8 Å². The number of allylic oxidation sites excluding steroid dienone is 6. The van der Waals surface area contributed by atoms with Gasteiger partial charge in [-0.2, -0.15) is 0 Å². The number of hydrogen-bond donors (Lipinski definition) is 4.